The average molecular weight is 375 g/mol. The summed E-state index contributed by atoms with van der Waals surface area (Å²) < 4.78 is 5.77. The van der Waals surface area contributed by atoms with Gasteiger partial charge in [-0.2, -0.15) is 0 Å². The molecule has 6 nitrogen and oxygen atoms in total. The highest BCUT2D eigenvalue weighted by Crippen LogP contribution is 2.29. The fourth-order valence-corrected chi connectivity index (χ4v) is 3.04. The van der Waals surface area contributed by atoms with Crippen molar-refractivity contribution >= 4 is 23.3 Å². The highest BCUT2D eigenvalue weighted by Gasteiger charge is 2.22. The van der Waals surface area contributed by atoms with E-state index in [1.807, 2.05) is 17.0 Å². The van der Waals surface area contributed by atoms with Crippen LogP contribution in [-0.4, -0.2) is 47.0 Å². The first-order chi connectivity index (χ1) is 12.7. The van der Waals surface area contributed by atoms with Gasteiger partial charge in [0.1, 0.15) is 17.9 Å². The number of hydrogen-bond acceptors (Lipinski definition) is 5. The van der Waals surface area contributed by atoms with Crippen molar-refractivity contribution in [3.8, 4) is 11.6 Å². The molecule has 1 aromatic heterocycles. The molecule has 2 aromatic rings. The number of nitrogens with zero attached hydrogens (tertiary/aromatic N) is 4. The Morgan fingerprint density at radius 2 is 1.96 bits per heavy atom. The number of piperazine rings is 1. The molecular formula is C19H23ClN4O2. The Labute approximate surface area is 158 Å². The molecule has 7 heteroatoms. The molecule has 138 valence electrons. The monoisotopic (exact) mass is 374 g/mol. The second-order valence-corrected chi connectivity index (χ2v) is 6.63. The van der Waals surface area contributed by atoms with Gasteiger partial charge in [0.25, 0.3) is 0 Å². The second kappa shape index (κ2) is 8.85. The third kappa shape index (κ3) is 4.64. The normalized spacial score (nSPS) is 14.4. The summed E-state index contributed by atoms with van der Waals surface area (Å²) in [6, 6.07) is 9.08. The number of hydrogen-bond donors (Lipinski definition) is 0. The summed E-state index contributed by atoms with van der Waals surface area (Å²) in [7, 11) is 0. The van der Waals surface area contributed by atoms with E-state index < -0.39 is 0 Å². The van der Waals surface area contributed by atoms with E-state index in [0.29, 0.717) is 36.2 Å². The lowest BCUT2D eigenvalue weighted by molar-refractivity contribution is -0.131. The molecule has 1 aliphatic rings. The predicted octanol–water partition coefficient (Wildman–Crippen LogP) is 3.76. The van der Waals surface area contributed by atoms with Crippen LogP contribution >= 0.6 is 11.6 Å². The van der Waals surface area contributed by atoms with E-state index in [0.717, 1.165) is 31.7 Å². The molecule has 0 N–H and O–H groups in total. The van der Waals surface area contributed by atoms with Gasteiger partial charge in [-0.05, 0) is 18.6 Å². The van der Waals surface area contributed by atoms with Gasteiger partial charge in [-0.25, -0.2) is 9.97 Å². The van der Waals surface area contributed by atoms with Gasteiger partial charge in [-0.15, -0.1) is 0 Å². The number of anilines is 1. The number of benzene rings is 1. The minimum absolute atomic E-state index is 0.247. The van der Waals surface area contributed by atoms with Crippen molar-refractivity contribution in [3.63, 3.8) is 0 Å². The van der Waals surface area contributed by atoms with Gasteiger partial charge in [0.05, 0.1) is 5.02 Å². The molecule has 1 aromatic carbocycles. The molecule has 1 saturated heterocycles. The van der Waals surface area contributed by atoms with Crippen LogP contribution in [0.2, 0.25) is 5.02 Å². The highest BCUT2D eigenvalue weighted by atomic mass is 35.5. The van der Waals surface area contributed by atoms with Crippen molar-refractivity contribution in [2.24, 2.45) is 0 Å². The summed E-state index contributed by atoms with van der Waals surface area (Å²) in [6.07, 6.45) is 4.12. The standard InChI is InChI=1S/C19H23ClN4O2/c1-2-3-8-19(25)24-11-9-23(10-12-24)17-13-18(22-14-21-17)26-16-7-5-4-6-15(16)20/h4-7,13-14H,2-3,8-12H2,1H3. The zero-order valence-corrected chi connectivity index (χ0v) is 15.7. The molecule has 1 aliphatic heterocycles. The number of rotatable bonds is 6. The number of ether oxygens (including phenoxy) is 1. The summed E-state index contributed by atoms with van der Waals surface area (Å²) in [5.74, 6) is 2.05. The van der Waals surface area contributed by atoms with Crippen LogP contribution in [0.1, 0.15) is 26.2 Å². The summed E-state index contributed by atoms with van der Waals surface area (Å²) in [6.45, 7) is 5.03. The van der Waals surface area contributed by atoms with Gasteiger partial charge in [-0.1, -0.05) is 37.1 Å². The summed E-state index contributed by atoms with van der Waals surface area (Å²) >= 11 is 6.13. The number of para-hydroxylation sites is 1. The fourth-order valence-electron chi connectivity index (χ4n) is 2.87. The third-order valence-electron chi connectivity index (χ3n) is 4.38. The van der Waals surface area contributed by atoms with Crippen molar-refractivity contribution < 1.29 is 9.53 Å². The fraction of sp³-hybridized carbons (Fsp3) is 0.421. The molecule has 1 amide bonds. The topological polar surface area (TPSA) is 58.6 Å². The molecule has 3 rings (SSSR count). The zero-order chi connectivity index (χ0) is 18.4. The number of carbonyl (C=O) groups excluding carboxylic acids is 1. The maximum atomic E-state index is 12.1. The van der Waals surface area contributed by atoms with E-state index in [9.17, 15) is 4.79 Å². The van der Waals surface area contributed by atoms with Gasteiger partial charge >= 0.3 is 0 Å². The maximum Gasteiger partial charge on any atom is 0.224 e. The Bertz CT molecular complexity index is 748. The maximum absolute atomic E-state index is 12.1. The summed E-state index contributed by atoms with van der Waals surface area (Å²) in [4.78, 5) is 24.7. The Kier molecular flexibility index (Phi) is 6.28. The zero-order valence-electron chi connectivity index (χ0n) is 14.9. The van der Waals surface area contributed by atoms with Gasteiger partial charge in [0, 0.05) is 38.7 Å². The van der Waals surface area contributed by atoms with Crippen molar-refractivity contribution in [2.45, 2.75) is 26.2 Å². The third-order valence-corrected chi connectivity index (χ3v) is 4.69. The van der Waals surface area contributed by atoms with E-state index in [1.54, 1.807) is 18.2 Å². The van der Waals surface area contributed by atoms with Crippen LogP contribution in [0.3, 0.4) is 0 Å². The van der Waals surface area contributed by atoms with E-state index >= 15 is 0 Å². The number of amides is 1. The van der Waals surface area contributed by atoms with E-state index in [4.69, 9.17) is 16.3 Å². The van der Waals surface area contributed by atoms with E-state index in [-0.39, 0.29) is 5.91 Å². The molecule has 0 radical (unpaired) electrons. The van der Waals surface area contributed by atoms with Gasteiger partial charge in [-0.3, -0.25) is 4.79 Å². The number of halogens is 1. The van der Waals surface area contributed by atoms with Gasteiger partial charge in [0.2, 0.25) is 11.8 Å². The molecule has 0 bridgehead atoms. The largest absolute Gasteiger partial charge is 0.437 e. The Morgan fingerprint density at radius 1 is 1.19 bits per heavy atom. The number of aromatic nitrogens is 2. The average Bonchev–Trinajstić information content (AvgIpc) is 2.68. The summed E-state index contributed by atoms with van der Waals surface area (Å²) in [5.41, 5.74) is 0. The Balaban J connectivity index is 1.61. The lowest BCUT2D eigenvalue weighted by Gasteiger charge is -2.35. The smallest absolute Gasteiger partial charge is 0.224 e. The van der Waals surface area contributed by atoms with E-state index in [1.165, 1.54) is 6.33 Å². The quantitative estimate of drug-likeness (QED) is 0.770. The SMILES string of the molecule is CCCCC(=O)N1CCN(c2cc(Oc3ccccc3Cl)ncn2)CC1. The van der Waals surface area contributed by atoms with Gasteiger partial charge in [0.15, 0.2) is 0 Å². The summed E-state index contributed by atoms with van der Waals surface area (Å²) in [5, 5.41) is 0.534. The van der Waals surface area contributed by atoms with Crippen molar-refractivity contribution in [3.05, 3.63) is 41.7 Å². The molecule has 2 heterocycles. The Hall–Kier alpha value is -2.34. The predicted molar refractivity (Wildman–Crippen MR) is 102 cm³/mol. The minimum Gasteiger partial charge on any atom is -0.437 e. The first-order valence-electron chi connectivity index (χ1n) is 8.94. The molecule has 0 atom stereocenters. The first kappa shape index (κ1) is 18.5. The van der Waals surface area contributed by atoms with Crippen LogP contribution in [0.5, 0.6) is 11.6 Å². The molecule has 0 spiro atoms. The first-order valence-corrected chi connectivity index (χ1v) is 9.32. The van der Waals surface area contributed by atoms with Crippen LogP contribution in [0.4, 0.5) is 5.82 Å². The second-order valence-electron chi connectivity index (χ2n) is 6.22. The van der Waals surface area contributed by atoms with Crippen LogP contribution in [0.15, 0.2) is 36.7 Å². The van der Waals surface area contributed by atoms with Crippen LogP contribution in [-0.2, 0) is 4.79 Å². The van der Waals surface area contributed by atoms with Crippen molar-refractivity contribution in [1.82, 2.24) is 14.9 Å². The molecular weight excluding hydrogens is 352 g/mol. The van der Waals surface area contributed by atoms with Gasteiger partial charge < -0.3 is 14.5 Å². The number of carbonyl (C=O) groups is 1. The lowest BCUT2D eigenvalue weighted by Crippen LogP contribution is -2.49. The molecule has 0 aliphatic carbocycles. The van der Waals surface area contributed by atoms with Crippen molar-refractivity contribution in [2.75, 3.05) is 31.1 Å². The Morgan fingerprint density at radius 3 is 2.69 bits per heavy atom. The molecule has 26 heavy (non-hydrogen) atoms. The minimum atomic E-state index is 0.247. The molecule has 0 saturated carbocycles. The van der Waals surface area contributed by atoms with Crippen LogP contribution in [0.25, 0.3) is 0 Å². The number of unbranched alkanes of at least 4 members (excludes halogenated alkanes) is 1. The van der Waals surface area contributed by atoms with Crippen LogP contribution in [0, 0.1) is 0 Å². The molecule has 0 unspecified atom stereocenters. The highest BCUT2D eigenvalue weighted by molar-refractivity contribution is 6.32. The molecule has 1 fully saturated rings. The lowest BCUT2D eigenvalue weighted by atomic mass is 10.2. The van der Waals surface area contributed by atoms with Crippen LogP contribution < -0.4 is 9.64 Å². The van der Waals surface area contributed by atoms with Crippen molar-refractivity contribution in [1.29, 1.82) is 0 Å². The van der Waals surface area contributed by atoms with E-state index in [2.05, 4.69) is 21.8 Å².